The van der Waals surface area contributed by atoms with E-state index in [-0.39, 0.29) is 25.1 Å². The standard InChI is InChI=1S/C18H16N2O8/c21-14-6-9-5-13(18(27)28)20(12(9)7-15(14)22)2-1-8-3-10(16(23)24)19-11(4-8)17(25)26/h1,3,6-7,11,13,19H,2,4-5H2,(H,23,24)(H,25,26)(H,27,28). The Morgan fingerprint density at radius 1 is 1.14 bits per heavy atom. The highest BCUT2D eigenvalue weighted by molar-refractivity contribution is 6.46. The molecule has 2 heterocycles. The van der Waals surface area contributed by atoms with Gasteiger partial charge in [-0.3, -0.25) is 14.5 Å². The Labute approximate surface area is 158 Å². The van der Waals surface area contributed by atoms with Crippen molar-refractivity contribution in [2.24, 2.45) is 0 Å². The summed E-state index contributed by atoms with van der Waals surface area (Å²) >= 11 is 0. The van der Waals surface area contributed by atoms with Crippen LogP contribution in [-0.4, -0.2) is 58.3 Å². The summed E-state index contributed by atoms with van der Waals surface area (Å²) in [5, 5.41) is 32.2. The minimum atomic E-state index is -1.35. The quantitative estimate of drug-likeness (QED) is 0.279. The van der Waals surface area contributed by atoms with E-state index in [2.05, 4.69) is 5.32 Å². The summed E-state index contributed by atoms with van der Waals surface area (Å²) in [6.07, 6.45) is 5.09. The zero-order valence-electron chi connectivity index (χ0n) is 14.4. The van der Waals surface area contributed by atoms with Crippen LogP contribution in [0.15, 0.2) is 46.8 Å². The lowest BCUT2D eigenvalue weighted by Gasteiger charge is -2.24. The van der Waals surface area contributed by atoms with E-state index in [4.69, 9.17) is 5.11 Å². The molecule has 10 heteroatoms. The summed E-state index contributed by atoms with van der Waals surface area (Å²) in [5.74, 6) is -5.35. The molecule has 3 atom stereocenters. The van der Waals surface area contributed by atoms with Crippen molar-refractivity contribution >= 4 is 29.5 Å². The van der Waals surface area contributed by atoms with E-state index < -0.39 is 41.6 Å². The first-order valence-corrected chi connectivity index (χ1v) is 8.38. The van der Waals surface area contributed by atoms with E-state index in [0.29, 0.717) is 21.7 Å². The van der Waals surface area contributed by atoms with E-state index in [1.807, 2.05) is 0 Å². The van der Waals surface area contributed by atoms with Crippen LogP contribution in [0.4, 0.5) is 0 Å². The lowest BCUT2D eigenvalue weighted by Crippen LogP contribution is -3.13. The SMILES string of the molecule is O=C(O)C1=CC(=CC[NH+]2C3=CC(=O)C(=O)C=C3CC2C(=O)[O-])CC(C(=O)O)N1. The molecule has 0 radical (unpaired) electrons. The molecule has 3 rings (SSSR count). The molecular formula is C18H16N2O8. The van der Waals surface area contributed by atoms with Gasteiger partial charge in [0.15, 0.2) is 0 Å². The summed E-state index contributed by atoms with van der Waals surface area (Å²) in [7, 11) is 0. The van der Waals surface area contributed by atoms with E-state index in [1.165, 1.54) is 12.2 Å². The summed E-state index contributed by atoms with van der Waals surface area (Å²) < 4.78 is 0. The lowest BCUT2D eigenvalue weighted by molar-refractivity contribution is -0.863. The maximum absolute atomic E-state index is 11.7. The monoisotopic (exact) mass is 388 g/mol. The summed E-state index contributed by atoms with van der Waals surface area (Å²) in [6, 6.07) is -2.15. The van der Waals surface area contributed by atoms with Crippen LogP contribution in [0.1, 0.15) is 12.8 Å². The van der Waals surface area contributed by atoms with E-state index in [0.717, 1.165) is 12.2 Å². The summed E-state index contributed by atoms with van der Waals surface area (Å²) in [4.78, 5) is 57.5. The third-order valence-corrected chi connectivity index (χ3v) is 4.86. The number of likely N-dealkylation sites (tertiary alicyclic amines) is 1. The number of hydrogen-bond acceptors (Lipinski definition) is 7. The number of carbonyl (C=O) groups excluding carboxylic acids is 3. The van der Waals surface area contributed by atoms with Gasteiger partial charge in [0.25, 0.3) is 0 Å². The number of aliphatic carboxylic acids is 3. The van der Waals surface area contributed by atoms with Crippen LogP contribution in [0, 0.1) is 0 Å². The molecule has 3 unspecified atom stereocenters. The van der Waals surface area contributed by atoms with Crippen molar-refractivity contribution in [1.82, 2.24) is 5.32 Å². The van der Waals surface area contributed by atoms with Crippen LogP contribution in [0.25, 0.3) is 0 Å². The van der Waals surface area contributed by atoms with Gasteiger partial charge < -0.3 is 25.4 Å². The molecule has 1 saturated heterocycles. The Balaban J connectivity index is 1.90. The van der Waals surface area contributed by atoms with E-state index in [1.54, 1.807) is 0 Å². The normalized spacial score (nSPS) is 28.1. The molecule has 0 bridgehead atoms. The first-order chi connectivity index (χ1) is 13.2. The molecule has 3 aliphatic rings. The Kier molecular flexibility index (Phi) is 4.97. The van der Waals surface area contributed by atoms with Crippen LogP contribution in [-0.2, 0) is 24.0 Å². The maximum Gasteiger partial charge on any atom is 0.351 e. The molecule has 0 amide bonds. The minimum Gasteiger partial charge on any atom is -0.544 e. The summed E-state index contributed by atoms with van der Waals surface area (Å²) in [5.41, 5.74) is 0.949. The van der Waals surface area contributed by atoms with Crippen LogP contribution >= 0.6 is 0 Å². The van der Waals surface area contributed by atoms with Gasteiger partial charge in [-0.1, -0.05) is 0 Å². The Bertz CT molecular complexity index is 924. The number of ketones is 2. The molecule has 0 aromatic carbocycles. The summed E-state index contributed by atoms with van der Waals surface area (Å²) in [6.45, 7) is 0.0500. The number of carbonyl (C=O) groups is 5. The average Bonchev–Trinajstić information content (AvgIpc) is 2.97. The number of carboxylic acids is 3. The van der Waals surface area contributed by atoms with Gasteiger partial charge in [-0.2, -0.15) is 0 Å². The first kappa shape index (κ1) is 19.2. The minimum absolute atomic E-state index is 0.00847. The molecular weight excluding hydrogens is 372 g/mol. The number of nitrogens with one attached hydrogen (secondary N) is 2. The molecule has 4 N–H and O–H groups in total. The Morgan fingerprint density at radius 3 is 2.43 bits per heavy atom. The molecule has 2 aliphatic heterocycles. The topological polar surface area (TPSA) is 165 Å². The highest BCUT2D eigenvalue weighted by Gasteiger charge is 2.41. The third kappa shape index (κ3) is 3.62. The van der Waals surface area contributed by atoms with Gasteiger partial charge in [-0.25, -0.2) is 9.59 Å². The molecule has 1 fully saturated rings. The fourth-order valence-corrected chi connectivity index (χ4v) is 3.49. The number of quaternary nitrogens is 1. The molecule has 146 valence electrons. The lowest BCUT2D eigenvalue weighted by atomic mass is 9.99. The number of fused-ring (bicyclic) bond motifs is 1. The van der Waals surface area contributed by atoms with Gasteiger partial charge in [0.2, 0.25) is 11.6 Å². The highest BCUT2D eigenvalue weighted by atomic mass is 16.4. The fraction of sp³-hybridized carbons (Fsp3) is 0.278. The van der Waals surface area contributed by atoms with Crippen molar-refractivity contribution in [1.29, 1.82) is 0 Å². The molecule has 0 aromatic rings. The number of rotatable bonds is 5. The van der Waals surface area contributed by atoms with Gasteiger partial charge >= 0.3 is 11.9 Å². The number of carboxylic acid groups (broad SMARTS) is 3. The Hall–Kier alpha value is -3.53. The van der Waals surface area contributed by atoms with Gasteiger partial charge in [0.05, 0.1) is 6.08 Å². The number of allylic oxidation sites excluding steroid dienone is 4. The van der Waals surface area contributed by atoms with Crippen molar-refractivity contribution in [3.63, 3.8) is 0 Å². The van der Waals surface area contributed by atoms with Crippen molar-refractivity contribution in [2.45, 2.75) is 24.9 Å². The van der Waals surface area contributed by atoms with Gasteiger partial charge in [0, 0.05) is 18.4 Å². The second kappa shape index (κ2) is 7.24. The van der Waals surface area contributed by atoms with Gasteiger partial charge in [-0.05, 0) is 23.8 Å². The zero-order valence-corrected chi connectivity index (χ0v) is 14.4. The fourth-order valence-electron chi connectivity index (χ4n) is 3.49. The van der Waals surface area contributed by atoms with Crippen LogP contribution < -0.4 is 15.3 Å². The molecule has 0 aromatic heterocycles. The van der Waals surface area contributed by atoms with Crippen LogP contribution in [0.2, 0.25) is 0 Å². The number of hydrogen-bond donors (Lipinski definition) is 4. The first-order valence-electron chi connectivity index (χ1n) is 8.38. The van der Waals surface area contributed by atoms with Crippen molar-refractivity contribution in [3.05, 3.63) is 46.8 Å². The molecule has 0 spiro atoms. The third-order valence-electron chi connectivity index (χ3n) is 4.86. The molecule has 0 saturated carbocycles. The second-order valence-electron chi connectivity index (χ2n) is 6.64. The second-order valence-corrected chi connectivity index (χ2v) is 6.64. The molecule has 28 heavy (non-hydrogen) atoms. The van der Waals surface area contributed by atoms with Gasteiger partial charge in [0.1, 0.15) is 36.0 Å². The Morgan fingerprint density at radius 2 is 1.82 bits per heavy atom. The zero-order chi connectivity index (χ0) is 20.6. The molecule has 1 aliphatic carbocycles. The van der Waals surface area contributed by atoms with Crippen molar-refractivity contribution in [3.8, 4) is 0 Å². The average molecular weight is 388 g/mol. The van der Waals surface area contributed by atoms with Crippen molar-refractivity contribution < 1.29 is 44.2 Å². The smallest absolute Gasteiger partial charge is 0.351 e. The van der Waals surface area contributed by atoms with Gasteiger partial charge in [-0.15, -0.1) is 0 Å². The van der Waals surface area contributed by atoms with Crippen molar-refractivity contribution in [2.75, 3.05) is 6.54 Å². The van der Waals surface area contributed by atoms with E-state index >= 15 is 0 Å². The van der Waals surface area contributed by atoms with Crippen LogP contribution in [0.3, 0.4) is 0 Å². The van der Waals surface area contributed by atoms with E-state index in [9.17, 15) is 34.2 Å². The van der Waals surface area contributed by atoms with Crippen LogP contribution in [0.5, 0.6) is 0 Å². The predicted molar refractivity (Wildman–Crippen MR) is 88.4 cm³/mol. The molecule has 10 nitrogen and oxygen atoms in total. The highest BCUT2D eigenvalue weighted by Crippen LogP contribution is 2.22. The largest absolute Gasteiger partial charge is 0.544 e. The maximum atomic E-state index is 11.7. The predicted octanol–water partition coefficient (Wildman–Crippen LogP) is -3.30.